The molecule has 0 aliphatic rings. The third kappa shape index (κ3) is 3.56. The van der Waals surface area contributed by atoms with Crippen LogP contribution in [0.25, 0.3) is 0 Å². The van der Waals surface area contributed by atoms with Crippen LogP contribution in [0.4, 0.5) is 11.6 Å². The predicted octanol–water partition coefficient (Wildman–Crippen LogP) is 3.53. The van der Waals surface area contributed by atoms with Crippen molar-refractivity contribution in [1.29, 1.82) is 0 Å². The summed E-state index contributed by atoms with van der Waals surface area (Å²) in [5.74, 6) is -0.937. The topological polar surface area (TPSA) is 75.1 Å². The molecule has 0 aliphatic heterocycles. The summed E-state index contributed by atoms with van der Waals surface area (Å²) in [6.45, 7) is 1.68. The van der Waals surface area contributed by atoms with Crippen molar-refractivity contribution >= 4 is 40.8 Å². The highest BCUT2D eigenvalue weighted by Gasteiger charge is 2.09. The fourth-order valence-corrected chi connectivity index (χ4v) is 2.02. The number of hydrogen-bond acceptors (Lipinski definition) is 4. The first-order chi connectivity index (χ1) is 8.94. The highest BCUT2D eigenvalue weighted by Crippen LogP contribution is 2.24. The Morgan fingerprint density at radius 2 is 1.79 bits per heavy atom. The monoisotopic (exact) mass is 297 g/mol. The number of nitrogens with zero attached hydrogens (tertiary/aromatic N) is 2. The SMILES string of the molecule is Cc1cc(C(=O)O)nc(Nc2cc(Cl)cc(Cl)c2)n1. The van der Waals surface area contributed by atoms with E-state index >= 15 is 0 Å². The van der Waals surface area contributed by atoms with Crippen LogP contribution in [0.3, 0.4) is 0 Å². The van der Waals surface area contributed by atoms with Gasteiger partial charge in [-0.2, -0.15) is 0 Å². The van der Waals surface area contributed by atoms with Crippen LogP contribution in [0.5, 0.6) is 0 Å². The Bertz CT molecular complexity index is 627. The van der Waals surface area contributed by atoms with Crippen molar-refractivity contribution in [3.8, 4) is 0 Å². The lowest BCUT2D eigenvalue weighted by Crippen LogP contribution is -2.06. The van der Waals surface area contributed by atoms with Gasteiger partial charge in [0, 0.05) is 21.4 Å². The summed E-state index contributed by atoms with van der Waals surface area (Å²) >= 11 is 11.7. The number of hydrogen-bond donors (Lipinski definition) is 2. The maximum Gasteiger partial charge on any atom is 0.354 e. The number of rotatable bonds is 3. The molecule has 0 saturated heterocycles. The Hall–Kier alpha value is -1.85. The molecular formula is C12H9Cl2N3O2. The van der Waals surface area contributed by atoms with Crippen LogP contribution in [0.15, 0.2) is 24.3 Å². The summed E-state index contributed by atoms with van der Waals surface area (Å²) in [4.78, 5) is 18.9. The van der Waals surface area contributed by atoms with E-state index in [0.29, 0.717) is 21.4 Å². The van der Waals surface area contributed by atoms with Crippen molar-refractivity contribution in [2.75, 3.05) is 5.32 Å². The fraction of sp³-hybridized carbons (Fsp3) is 0.0833. The molecule has 7 heteroatoms. The fourth-order valence-electron chi connectivity index (χ4n) is 1.49. The Morgan fingerprint density at radius 1 is 1.16 bits per heavy atom. The molecule has 1 aromatic heterocycles. The van der Waals surface area contributed by atoms with Crippen molar-refractivity contribution < 1.29 is 9.90 Å². The van der Waals surface area contributed by atoms with E-state index in [0.717, 1.165) is 0 Å². The van der Waals surface area contributed by atoms with Gasteiger partial charge in [0.1, 0.15) is 0 Å². The van der Waals surface area contributed by atoms with E-state index in [-0.39, 0.29) is 11.6 Å². The van der Waals surface area contributed by atoms with Gasteiger partial charge in [0.25, 0.3) is 0 Å². The average Bonchev–Trinajstić information content (AvgIpc) is 2.26. The number of aryl methyl sites for hydroxylation is 1. The van der Waals surface area contributed by atoms with E-state index in [4.69, 9.17) is 28.3 Å². The highest BCUT2D eigenvalue weighted by molar-refractivity contribution is 6.35. The molecule has 2 aromatic rings. The molecule has 19 heavy (non-hydrogen) atoms. The maximum atomic E-state index is 10.9. The number of aromatic carboxylic acids is 1. The largest absolute Gasteiger partial charge is 0.477 e. The summed E-state index contributed by atoms with van der Waals surface area (Å²) in [7, 11) is 0. The van der Waals surface area contributed by atoms with Gasteiger partial charge in [0.05, 0.1) is 0 Å². The molecule has 0 bridgehead atoms. The Morgan fingerprint density at radius 3 is 2.37 bits per heavy atom. The number of halogens is 2. The molecule has 1 aromatic carbocycles. The molecule has 0 radical (unpaired) electrons. The third-order valence-corrected chi connectivity index (χ3v) is 2.63. The van der Waals surface area contributed by atoms with Crippen LogP contribution in [-0.4, -0.2) is 21.0 Å². The zero-order valence-electron chi connectivity index (χ0n) is 9.82. The minimum Gasteiger partial charge on any atom is -0.477 e. The number of benzene rings is 1. The van der Waals surface area contributed by atoms with Crippen LogP contribution >= 0.6 is 23.2 Å². The van der Waals surface area contributed by atoms with E-state index in [2.05, 4.69) is 15.3 Å². The summed E-state index contributed by atoms with van der Waals surface area (Å²) in [5.41, 5.74) is 1.05. The second-order valence-corrected chi connectivity index (χ2v) is 4.68. The van der Waals surface area contributed by atoms with E-state index < -0.39 is 5.97 Å². The highest BCUT2D eigenvalue weighted by atomic mass is 35.5. The molecule has 1 heterocycles. The molecule has 0 fully saturated rings. The zero-order chi connectivity index (χ0) is 14.0. The van der Waals surface area contributed by atoms with E-state index in [1.54, 1.807) is 25.1 Å². The van der Waals surface area contributed by atoms with Gasteiger partial charge in [-0.3, -0.25) is 0 Å². The number of nitrogens with one attached hydrogen (secondary N) is 1. The van der Waals surface area contributed by atoms with Crippen molar-refractivity contribution in [1.82, 2.24) is 9.97 Å². The van der Waals surface area contributed by atoms with Crippen molar-refractivity contribution in [2.24, 2.45) is 0 Å². The van der Waals surface area contributed by atoms with Gasteiger partial charge in [-0.15, -0.1) is 0 Å². The van der Waals surface area contributed by atoms with Crippen LogP contribution in [0.2, 0.25) is 10.0 Å². The molecule has 98 valence electrons. The molecule has 2 N–H and O–H groups in total. The molecular weight excluding hydrogens is 289 g/mol. The van der Waals surface area contributed by atoms with Crippen LogP contribution in [-0.2, 0) is 0 Å². The second kappa shape index (κ2) is 5.42. The van der Waals surface area contributed by atoms with E-state index in [1.165, 1.54) is 6.07 Å². The van der Waals surface area contributed by atoms with Crippen LogP contribution < -0.4 is 5.32 Å². The first-order valence-electron chi connectivity index (χ1n) is 5.26. The maximum absolute atomic E-state index is 10.9. The zero-order valence-corrected chi connectivity index (χ0v) is 11.3. The number of aromatic nitrogens is 2. The quantitative estimate of drug-likeness (QED) is 0.906. The number of anilines is 2. The average molecular weight is 298 g/mol. The van der Waals surface area contributed by atoms with Crippen molar-refractivity contribution in [3.05, 3.63) is 45.7 Å². The van der Waals surface area contributed by atoms with Crippen LogP contribution in [0.1, 0.15) is 16.2 Å². The van der Waals surface area contributed by atoms with Gasteiger partial charge in [-0.05, 0) is 31.2 Å². The molecule has 0 amide bonds. The minimum absolute atomic E-state index is 0.0804. The van der Waals surface area contributed by atoms with Gasteiger partial charge in [-0.1, -0.05) is 23.2 Å². The van der Waals surface area contributed by atoms with Crippen molar-refractivity contribution in [3.63, 3.8) is 0 Å². The molecule has 5 nitrogen and oxygen atoms in total. The lowest BCUT2D eigenvalue weighted by Gasteiger charge is -2.07. The lowest BCUT2D eigenvalue weighted by atomic mass is 10.3. The van der Waals surface area contributed by atoms with Gasteiger partial charge in [0.2, 0.25) is 5.95 Å². The predicted molar refractivity (Wildman–Crippen MR) is 73.5 cm³/mol. The Balaban J connectivity index is 2.35. The number of carboxylic acid groups (broad SMARTS) is 1. The smallest absolute Gasteiger partial charge is 0.354 e. The first kappa shape index (κ1) is 13.6. The third-order valence-electron chi connectivity index (χ3n) is 2.19. The summed E-state index contributed by atoms with van der Waals surface area (Å²) < 4.78 is 0. The van der Waals surface area contributed by atoms with Gasteiger partial charge in [0.15, 0.2) is 5.69 Å². The van der Waals surface area contributed by atoms with E-state index in [1.807, 2.05) is 0 Å². The van der Waals surface area contributed by atoms with Crippen molar-refractivity contribution in [2.45, 2.75) is 6.92 Å². The molecule has 0 spiro atoms. The molecule has 0 saturated carbocycles. The van der Waals surface area contributed by atoms with Gasteiger partial charge in [-0.25, -0.2) is 14.8 Å². The minimum atomic E-state index is -1.11. The summed E-state index contributed by atoms with van der Waals surface area (Å²) in [6, 6.07) is 6.26. The molecule has 0 unspecified atom stereocenters. The standard InChI is InChI=1S/C12H9Cl2N3O2/c1-6-2-10(11(18)19)17-12(15-6)16-9-4-7(13)3-8(14)5-9/h2-5H,1H3,(H,18,19)(H,15,16,17). The Kier molecular flexibility index (Phi) is 3.87. The Labute approximate surface area is 119 Å². The molecule has 0 atom stereocenters. The van der Waals surface area contributed by atoms with Gasteiger partial charge >= 0.3 is 5.97 Å². The summed E-state index contributed by atoms with van der Waals surface area (Å²) in [6.07, 6.45) is 0. The first-order valence-corrected chi connectivity index (χ1v) is 6.02. The molecule has 2 rings (SSSR count). The number of carbonyl (C=O) groups is 1. The summed E-state index contributed by atoms with van der Waals surface area (Å²) in [5, 5.41) is 12.7. The lowest BCUT2D eigenvalue weighted by molar-refractivity contribution is 0.0690. The number of carboxylic acids is 1. The normalized spacial score (nSPS) is 10.3. The molecule has 0 aliphatic carbocycles. The van der Waals surface area contributed by atoms with Crippen LogP contribution in [0, 0.1) is 6.92 Å². The van der Waals surface area contributed by atoms with Gasteiger partial charge < -0.3 is 10.4 Å². The second-order valence-electron chi connectivity index (χ2n) is 3.81. The van der Waals surface area contributed by atoms with E-state index in [9.17, 15) is 4.79 Å².